The first-order chi connectivity index (χ1) is 13.1. The Morgan fingerprint density at radius 2 is 1.81 bits per heavy atom. The summed E-state index contributed by atoms with van der Waals surface area (Å²) in [5.41, 5.74) is 1.08. The standard InChI is InChI=1S/C20H22ClFN2O3/c21-16-3-1-15(2-4-16)19(24-9-11-26-12-10-24)13-23-20(25)14-27-18-7-5-17(22)6-8-18/h1-8,19H,9-14H2,(H,23,25)/t19-/m0/s1. The van der Waals surface area contributed by atoms with Crippen LogP contribution in [0.25, 0.3) is 0 Å². The van der Waals surface area contributed by atoms with Crippen molar-refractivity contribution in [1.29, 1.82) is 0 Å². The predicted octanol–water partition coefficient (Wildman–Crippen LogP) is 3.05. The molecule has 0 saturated carbocycles. The number of hydrogen-bond donors (Lipinski definition) is 1. The van der Waals surface area contributed by atoms with Gasteiger partial charge in [0.1, 0.15) is 11.6 Å². The molecule has 2 aromatic rings. The summed E-state index contributed by atoms with van der Waals surface area (Å²) in [5.74, 6) is -0.122. The third-order valence-electron chi connectivity index (χ3n) is 4.42. The van der Waals surface area contributed by atoms with Gasteiger partial charge in [0.2, 0.25) is 0 Å². The van der Waals surface area contributed by atoms with Crippen molar-refractivity contribution in [3.63, 3.8) is 0 Å². The van der Waals surface area contributed by atoms with Gasteiger partial charge in [-0.15, -0.1) is 0 Å². The zero-order valence-corrected chi connectivity index (χ0v) is 15.6. The van der Waals surface area contributed by atoms with Crippen LogP contribution >= 0.6 is 11.6 Å². The van der Waals surface area contributed by atoms with Crippen molar-refractivity contribution < 1.29 is 18.7 Å². The van der Waals surface area contributed by atoms with Crippen molar-refractivity contribution in [3.05, 3.63) is 64.9 Å². The van der Waals surface area contributed by atoms with Crippen LogP contribution in [0, 0.1) is 5.82 Å². The molecule has 1 aliphatic rings. The van der Waals surface area contributed by atoms with Gasteiger partial charge in [-0.05, 0) is 42.0 Å². The number of rotatable bonds is 7. The summed E-state index contributed by atoms with van der Waals surface area (Å²) < 4.78 is 23.7. The highest BCUT2D eigenvalue weighted by Crippen LogP contribution is 2.23. The normalized spacial score (nSPS) is 15.9. The number of hydrogen-bond acceptors (Lipinski definition) is 4. The number of nitrogens with one attached hydrogen (secondary N) is 1. The maximum atomic E-state index is 12.9. The second-order valence-electron chi connectivity index (χ2n) is 6.26. The van der Waals surface area contributed by atoms with Crippen LogP contribution in [0.5, 0.6) is 5.75 Å². The van der Waals surface area contributed by atoms with Gasteiger partial charge in [0.15, 0.2) is 6.61 Å². The van der Waals surface area contributed by atoms with E-state index in [-0.39, 0.29) is 24.4 Å². The van der Waals surface area contributed by atoms with Crippen LogP contribution in [0.15, 0.2) is 48.5 Å². The minimum Gasteiger partial charge on any atom is -0.484 e. The molecule has 0 spiro atoms. The summed E-state index contributed by atoms with van der Waals surface area (Å²) in [6.45, 7) is 3.28. The van der Waals surface area contributed by atoms with E-state index >= 15 is 0 Å². The van der Waals surface area contributed by atoms with E-state index in [0.29, 0.717) is 30.5 Å². The number of nitrogens with zero attached hydrogens (tertiary/aromatic N) is 1. The SMILES string of the molecule is O=C(COc1ccc(F)cc1)NC[C@@H](c1ccc(Cl)cc1)N1CCOCC1. The summed E-state index contributed by atoms with van der Waals surface area (Å²) in [5, 5.41) is 3.60. The van der Waals surface area contributed by atoms with Gasteiger partial charge in [-0.1, -0.05) is 23.7 Å². The molecule has 0 unspecified atom stereocenters. The molecule has 7 heteroatoms. The molecule has 144 valence electrons. The lowest BCUT2D eigenvalue weighted by Gasteiger charge is -2.35. The smallest absolute Gasteiger partial charge is 0.258 e. The van der Waals surface area contributed by atoms with Gasteiger partial charge in [0.25, 0.3) is 5.91 Å². The number of morpholine rings is 1. The summed E-state index contributed by atoms with van der Waals surface area (Å²) >= 11 is 6.00. The highest BCUT2D eigenvalue weighted by atomic mass is 35.5. The fraction of sp³-hybridized carbons (Fsp3) is 0.350. The predicted molar refractivity (Wildman–Crippen MR) is 101 cm³/mol. The molecule has 1 aliphatic heterocycles. The van der Waals surface area contributed by atoms with E-state index in [1.165, 1.54) is 24.3 Å². The molecule has 1 amide bonds. The van der Waals surface area contributed by atoms with Gasteiger partial charge in [0.05, 0.1) is 19.3 Å². The Morgan fingerprint density at radius 1 is 1.15 bits per heavy atom. The van der Waals surface area contributed by atoms with Crippen LogP contribution in [-0.4, -0.2) is 50.3 Å². The van der Waals surface area contributed by atoms with Crippen LogP contribution in [0.3, 0.4) is 0 Å². The molecule has 1 atom stereocenters. The Bertz CT molecular complexity index is 734. The number of ether oxygens (including phenoxy) is 2. The molecule has 0 aliphatic carbocycles. The number of carbonyl (C=O) groups is 1. The average molecular weight is 393 g/mol. The first-order valence-corrected chi connectivity index (χ1v) is 9.22. The van der Waals surface area contributed by atoms with Gasteiger partial charge < -0.3 is 14.8 Å². The Morgan fingerprint density at radius 3 is 2.48 bits per heavy atom. The van der Waals surface area contributed by atoms with Crippen LogP contribution in [0.2, 0.25) is 5.02 Å². The summed E-state index contributed by atoms with van der Waals surface area (Å²) in [4.78, 5) is 14.5. The molecule has 1 fully saturated rings. The minimum atomic E-state index is -0.344. The Hall–Kier alpha value is -2.15. The van der Waals surface area contributed by atoms with E-state index < -0.39 is 0 Å². The number of halogens is 2. The second-order valence-corrected chi connectivity index (χ2v) is 6.70. The van der Waals surface area contributed by atoms with Crippen molar-refractivity contribution in [2.45, 2.75) is 6.04 Å². The van der Waals surface area contributed by atoms with Crippen LogP contribution in [0.1, 0.15) is 11.6 Å². The lowest BCUT2D eigenvalue weighted by atomic mass is 10.0. The quantitative estimate of drug-likeness (QED) is 0.786. The van der Waals surface area contributed by atoms with E-state index in [2.05, 4.69) is 10.2 Å². The highest BCUT2D eigenvalue weighted by Gasteiger charge is 2.23. The van der Waals surface area contributed by atoms with Gasteiger partial charge in [-0.3, -0.25) is 9.69 Å². The molecule has 2 aromatic carbocycles. The Kier molecular flexibility index (Phi) is 7.04. The zero-order valence-electron chi connectivity index (χ0n) is 14.9. The molecule has 1 N–H and O–H groups in total. The topological polar surface area (TPSA) is 50.8 Å². The molecule has 1 heterocycles. The molecular formula is C20H22ClFN2O3. The molecule has 0 radical (unpaired) electrons. The number of carbonyl (C=O) groups excluding carboxylic acids is 1. The minimum absolute atomic E-state index is 0.0286. The Labute approximate surface area is 163 Å². The van der Waals surface area contributed by atoms with Crippen LogP contribution in [0.4, 0.5) is 4.39 Å². The van der Waals surface area contributed by atoms with Gasteiger partial charge in [0, 0.05) is 24.7 Å². The lowest BCUT2D eigenvalue weighted by molar-refractivity contribution is -0.123. The van der Waals surface area contributed by atoms with E-state index in [1.807, 2.05) is 24.3 Å². The third kappa shape index (κ3) is 5.92. The number of amides is 1. The van der Waals surface area contributed by atoms with E-state index in [0.717, 1.165) is 18.7 Å². The summed E-state index contributed by atoms with van der Waals surface area (Å²) in [6.07, 6.45) is 0. The Balaban J connectivity index is 1.57. The first-order valence-electron chi connectivity index (χ1n) is 8.84. The van der Waals surface area contributed by atoms with Crippen molar-refractivity contribution in [3.8, 4) is 5.75 Å². The van der Waals surface area contributed by atoms with Crippen molar-refractivity contribution in [1.82, 2.24) is 10.2 Å². The largest absolute Gasteiger partial charge is 0.484 e. The van der Waals surface area contributed by atoms with E-state index in [4.69, 9.17) is 21.1 Å². The molecule has 1 saturated heterocycles. The number of benzene rings is 2. The summed E-state index contributed by atoms with van der Waals surface area (Å²) in [6, 6.07) is 13.3. The fourth-order valence-electron chi connectivity index (χ4n) is 2.97. The molecule has 27 heavy (non-hydrogen) atoms. The zero-order chi connectivity index (χ0) is 19.1. The second kappa shape index (κ2) is 9.69. The van der Waals surface area contributed by atoms with Crippen LogP contribution in [-0.2, 0) is 9.53 Å². The molecular weight excluding hydrogens is 371 g/mol. The van der Waals surface area contributed by atoms with E-state index in [1.54, 1.807) is 0 Å². The maximum Gasteiger partial charge on any atom is 0.258 e. The average Bonchev–Trinajstić information content (AvgIpc) is 2.70. The highest BCUT2D eigenvalue weighted by molar-refractivity contribution is 6.30. The van der Waals surface area contributed by atoms with Crippen molar-refractivity contribution >= 4 is 17.5 Å². The third-order valence-corrected chi connectivity index (χ3v) is 4.67. The summed E-state index contributed by atoms with van der Waals surface area (Å²) in [7, 11) is 0. The maximum absolute atomic E-state index is 12.9. The van der Waals surface area contributed by atoms with E-state index in [9.17, 15) is 9.18 Å². The molecule has 0 aromatic heterocycles. The monoisotopic (exact) mass is 392 g/mol. The first kappa shape index (κ1) is 19.6. The lowest BCUT2D eigenvalue weighted by Crippen LogP contribution is -2.44. The van der Waals surface area contributed by atoms with Gasteiger partial charge in [-0.2, -0.15) is 0 Å². The van der Waals surface area contributed by atoms with Gasteiger partial charge >= 0.3 is 0 Å². The van der Waals surface area contributed by atoms with Crippen LogP contribution < -0.4 is 10.1 Å². The molecule has 3 rings (SSSR count). The van der Waals surface area contributed by atoms with Gasteiger partial charge in [-0.25, -0.2) is 4.39 Å². The molecule has 5 nitrogen and oxygen atoms in total. The van der Waals surface area contributed by atoms with Crippen molar-refractivity contribution in [2.24, 2.45) is 0 Å². The fourth-order valence-corrected chi connectivity index (χ4v) is 3.10. The molecule has 0 bridgehead atoms. The van der Waals surface area contributed by atoms with Crippen molar-refractivity contribution in [2.75, 3.05) is 39.5 Å².